The zero-order chi connectivity index (χ0) is 23.9. The second kappa shape index (κ2) is 31.7. The maximum atomic E-state index is 3.66. The summed E-state index contributed by atoms with van der Waals surface area (Å²) in [6.07, 6.45) is 41.8. The summed E-state index contributed by atoms with van der Waals surface area (Å²) >= 11 is 0. The van der Waals surface area contributed by atoms with Gasteiger partial charge in [0.2, 0.25) is 0 Å². The van der Waals surface area contributed by atoms with Gasteiger partial charge in [0.05, 0.1) is 0 Å². The Bertz CT molecular complexity index is 348. The average molecular weight is 464 g/mol. The largest absolute Gasteiger partial charge is 0.317 e. The van der Waals surface area contributed by atoms with Crippen molar-refractivity contribution in [3.05, 3.63) is 12.2 Å². The van der Waals surface area contributed by atoms with Gasteiger partial charge in [-0.05, 0) is 51.6 Å². The van der Waals surface area contributed by atoms with E-state index in [2.05, 4.69) is 31.3 Å². The first-order valence-corrected chi connectivity index (χ1v) is 15.8. The molecule has 0 atom stereocenters. The summed E-state index contributed by atoms with van der Waals surface area (Å²) < 4.78 is 0. The van der Waals surface area contributed by atoms with Gasteiger partial charge in [0.15, 0.2) is 0 Å². The first kappa shape index (κ1) is 32.7. The van der Waals surface area contributed by atoms with E-state index in [9.17, 15) is 0 Å². The van der Waals surface area contributed by atoms with Crippen LogP contribution in [0.5, 0.6) is 0 Å². The number of unbranched alkanes of at least 4 members (excludes halogenated alkanes) is 23. The fourth-order valence-corrected chi connectivity index (χ4v) is 4.71. The van der Waals surface area contributed by atoms with Crippen molar-refractivity contribution < 1.29 is 0 Å². The van der Waals surface area contributed by atoms with Crippen LogP contribution in [-0.4, -0.2) is 13.1 Å². The minimum Gasteiger partial charge on any atom is -0.317 e. The maximum absolute atomic E-state index is 3.66. The zero-order valence-electron chi connectivity index (χ0n) is 23.5. The van der Waals surface area contributed by atoms with Crippen LogP contribution in [0.3, 0.4) is 0 Å². The lowest BCUT2D eigenvalue weighted by Gasteiger charge is -2.05. The number of nitrogens with one attached hydrogen (secondary N) is 1. The van der Waals surface area contributed by atoms with E-state index in [1.54, 1.807) is 0 Å². The van der Waals surface area contributed by atoms with Gasteiger partial charge >= 0.3 is 0 Å². The Morgan fingerprint density at radius 1 is 0.333 bits per heavy atom. The summed E-state index contributed by atoms with van der Waals surface area (Å²) in [6.45, 7) is 7.07. The van der Waals surface area contributed by atoms with Gasteiger partial charge in [-0.1, -0.05) is 154 Å². The van der Waals surface area contributed by atoms with Crippen molar-refractivity contribution in [1.29, 1.82) is 0 Å². The minimum atomic E-state index is 1.24. The summed E-state index contributed by atoms with van der Waals surface area (Å²) in [5, 5.41) is 3.66. The normalized spacial score (nSPS) is 11.7. The first-order chi connectivity index (χ1) is 16.4. The van der Waals surface area contributed by atoms with Crippen LogP contribution < -0.4 is 5.32 Å². The molecular weight excluding hydrogens is 398 g/mol. The molecule has 0 spiro atoms. The number of allylic oxidation sites excluding steroid dienone is 2. The highest BCUT2D eigenvalue weighted by molar-refractivity contribution is 4.81. The van der Waals surface area contributed by atoms with E-state index in [-0.39, 0.29) is 0 Å². The molecule has 0 aromatic carbocycles. The highest BCUT2D eigenvalue weighted by Gasteiger charge is 1.95. The first-order valence-electron chi connectivity index (χ1n) is 15.8. The van der Waals surface area contributed by atoms with Crippen LogP contribution in [-0.2, 0) is 0 Å². The third kappa shape index (κ3) is 31.7. The van der Waals surface area contributed by atoms with Gasteiger partial charge in [0.25, 0.3) is 0 Å². The van der Waals surface area contributed by atoms with Crippen LogP contribution in [0.2, 0.25) is 0 Å². The van der Waals surface area contributed by atoms with Crippen molar-refractivity contribution in [2.75, 3.05) is 13.1 Å². The standard InChI is InChI=1S/C32H65N/c1-3-5-7-9-11-13-15-17-18-19-20-22-24-26-28-30-32-33-31-29-27-25-23-21-16-14-12-10-8-6-4-2/h17-18,33H,3-16,19-32H2,1-2H3/b18-17-. The molecule has 0 aliphatic carbocycles. The fourth-order valence-electron chi connectivity index (χ4n) is 4.71. The molecule has 0 fully saturated rings. The Balaban J connectivity index is 3.04. The van der Waals surface area contributed by atoms with Crippen molar-refractivity contribution in [2.45, 2.75) is 181 Å². The van der Waals surface area contributed by atoms with Crippen molar-refractivity contribution in [3.63, 3.8) is 0 Å². The average Bonchev–Trinajstić information content (AvgIpc) is 2.83. The lowest BCUT2D eigenvalue weighted by atomic mass is 10.1. The smallest absolute Gasteiger partial charge is 0.00489 e. The van der Waals surface area contributed by atoms with Crippen LogP contribution in [0.15, 0.2) is 12.2 Å². The Labute approximate surface area is 211 Å². The molecule has 0 aliphatic rings. The predicted octanol–water partition coefficient (Wildman–Crippen LogP) is 11.3. The van der Waals surface area contributed by atoms with E-state index < -0.39 is 0 Å². The van der Waals surface area contributed by atoms with E-state index in [4.69, 9.17) is 0 Å². The lowest BCUT2D eigenvalue weighted by Crippen LogP contribution is -2.16. The molecule has 0 aliphatic heterocycles. The van der Waals surface area contributed by atoms with Gasteiger partial charge in [-0.15, -0.1) is 0 Å². The molecule has 198 valence electrons. The molecule has 0 saturated carbocycles. The van der Waals surface area contributed by atoms with Gasteiger partial charge in [-0.3, -0.25) is 0 Å². The van der Waals surface area contributed by atoms with E-state index in [1.807, 2.05) is 0 Å². The molecule has 0 bridgehead atoms. The summed E-state index contributed by atoms with van der Waals surface area (Å²) in [5.41, 5.74) is 0. The van der Waals surface area contributed by atoms with E-state index in [0.717, 1.165) is 0 Å². The Morgan fingerprint density at radius 3 is 0.939 bits per heavy atom. The maximum Gasteiger partial charge on any atom is -0.00489 e. The molecule has 0 aromatic heterocycles. The van der Waals surface area contributed by atoms with Crippen molar-refractivity contribution in [2.24, 2.45) is 0 Å². The third-order valence-electron chi connectivity index (χ3n) is 7.07. The molecular formula is C32H65N. The van der Waals surface area contributed by atoms with Crippen molar-refractivity contribution in [1.82, 2.24) is 5.32 Å². The summed E-state index contributed by atoms with van der Waals surface area (Å²) in [5.74, 6) is 0. The van der Waals surface area contributed by atoms with Gasteiger partial charge in [-0.25, -0.2) is 0 Å². The number of rotatable bonds is 29. The highest BCUT2D eigenvalue weighted by Crippen LogP contribution is 2.12. The van der Waals surface area contributed by atoms with E-state index in [1.165, 1.54) is 180 Å². The van der Waals surface area contributed by atoms with Crippen LogP contribution in [0.25, 0.3) is 0 Å². The molecule has 1 nitrogen and oxygen atoms in total. The van der Waals surface area contributed by atoms with Gasteiger partial charge in [0.1, 0.15) is 0 Å². The summed E-state index contributed by atoms with van der Waals surface area (Å²) in [4.78, 5) is 0. The van der Waals surface area contributed by atoms with Crippen LogP contribution in [0.4, 0.5) is 0 Å². The molecule has 0 unspecified atom stereocenters. The molecule has 0 rings (SSSR count). The molecule has 1 N–H and O–H groups in total. The molecule has 33 heavy (non-hydrogen) atoms. The number of hydrogen-bond acceptors (Lipinski definition) is 1. The second-order valence-corrected chi connectivity index (χ2v) is 10.6. The predicted molar refractivity (Wildman–Crippen MR) is 153 cm³/mol. The highest BCUT2D eigenvalue weighted by atomic mass is 14.8. The fraction of sp³-hybridized carbons (Fsp3) is 0.938. The molecule has 0 saturated heterocycles. The van der Waals surface area contributed by atoms with Crippen LogP contribution in [0.1, 0.15) is 181 Å². The zero-order valence-corrected chi connectivity index (χ0v) is 23.5. The van der Waals surface area contributed by atoms with Crippen LogP contribution in [0, 0.1) is 0 Å². The Hall–Kier alpha value is -0.300. The van der Waals surface area contributed by atoms with Crippen molar-refractivity contribution in [3.8, 4) is 0 Å². The molecule has 0 aromatic rings. The van der Waals surface area contributed by atoms with Crippen molar-refractivity contribution >= 4 is 0 Å². The SMILES string of the molecule is CCCCCCCC/C=C\CCCCCCCCNCCCCCCCCCCCCCC. The third-order valence-corrected chi connectivity index (χ3v) is 7.07. The van der Waals surface area contributed by atoms with Gasteiger partial charge < -0.3 is 5.32 Å². The van der Waals surface area contributed by atoms with Gasteiger partial charge in [0, 0.05) is 0 Å². The Kier molecular flexibility index (Phi) is 31.4. The quantitative estimate of drug-likeness (QED) is 0.0858. The van der Waals surface area contributed by atoms with Gasteiger partial charge in [-0.2, -0.15) is 0 Å². The molecule has 0 heterocycles. The van der Waals surface area contributed by atoms with E-state index in [0.29, 0.717) is 0 Å². The molecule has 0 amide bonds. The monoisotopic (exact) mass is 464 g/mol. The van der Waals surface area contributed by atoms with E-state index >= 15 is 0 Å². The Morgan fingerprint density at radius 2 is 0.606 bits per heavy atom. The topological polar surface area (TPSA) is 12.0 Å². The lowest BCUT2D eigenvalue weighted by molar-refractivity contribution is 0.526. The second-order valence-electron chi connectivity index (χ2n) is 10.6. The molecule has 1 heteroatoms. The molecule has 0 radical (unpaired) electrons. The minimum absolute atomic E-state index is 1.24. The number of hydrogen-bond donors (Lipinski definition) is 1. The summed E-state index contributed by atoms with van der Waals surface area (Å²) in [6, 6.07) is 0. The summed E-state index contributed by atoms with van der Waals surface area (Å²) in [7, 11) is 0. The van der Waals surface area contributed by atoms with Crippen LogP contribution >= 0.6 is 0 Å².